The van der Waals surface area contributed by atoms with Crippen molar-refractivity contribution in [2.75, 3.05) is 19.7 Å². The molecule has 0 aliphatic carbocycles. The number of aromatic nitrogens is 1. The van der Waals surface area contributed by atoms with Gasteiger partial charge in [-0.1, -0.05) is 6.07 Å². The summed E-state index contributed by atoms with van der Waals surface area (Å²) in [5.74, 6) is 1.29. The molecule has 0 unspecified atom stereocenters. The van der Waals surface area contributed by atoms with Crippen molar-refractivity contribution in [1.82, 2.24) is 10.3 Å². The normalized spacial score (nSPS) is 11.0. The summed E-state index contributed by atoms with van der Waals surface area (Å²) >= 11 is 0. The van der Waals surface area contributed by atoms with Gasteiger partial charge in [0.2, 0.25) is 0 Å². The van der Waals surface area contributed by atoms with Gasteiger partial charge in [-0.25, -0.2) is 0 Å². The lowest BCUT2D eigenvalue weighted by molar-refractivity contribution is 0.105. The standard InChI is InChI=1S/C16H22N4O2.HI/c17-16(20-10-7-14-5-1-2-8-18-14)19-9-4-11-21-13-15-6-3-12-22-15;/h1-3,5-6,8,12H,4,7,9-11,13H2,(H3,17,19,20);1H. The van der Waals surface area contributed by atoms with Crippen LogP contribution < -0.4 is 11.1 Å². The van der Waals surface area contributed by atoms with E-state index in [-0.39, 0.29) is 24.0 Å². The van der Waals surface area contributed by atoms with Gasteiger partial charge in [0, 0.05) is 38.0 Å². The Hall–Kier alpha value is -1.61. The molecule has 3 N–H and O–H groups in total. The minimum atomic E-state index is 0. The lowest BCUT2D eigenvalue weighted by Crippen LogP contribution is -2.33. The molecule has 6 nitrogen and oxygen atoms in total. The van der Waals surface area contributed by atoms with Crippen LogP contribution in [0.25, 0.3) is 0 Å². The van der Waals surface area contributed by atoms with E-state index in [0.29, 0.717) is 25.7 Å². The molecule has 0 radical (unpaired) electrons. The van der Waals surface area contributed by atoms with Crippen LogP contribution in [0.15, 0.2) is 52.2 Å². The minimum Gasteiger partial charge on any atom is -0.467 e. The zero-order chi connectivity index (χ0) is 15.5. The molecule has 0 amide bonds. The number of ether oxygens (including phenoxy) is 1. The molecule has 0 saturated carbocycles. The zero-order valence-electron chi connectivity index (χ0n) is 13.0. The second-order valence-electron chi connectivity index (χ2n) is 4.75. The van der Waals surface area contributed by atoms with Gasteiger partial charge in [-0.3, -0.25) is 9.98 Å². The maximum atomic E-state index is 5.79. The largest absolute Gasteiger partial charge is 0.467 e. The Kier molecular flexibility index (Phi) is 10.0. The molecule has 0 bridgehead atoms. The highest BCUT2D eigenvalue weighted by atomic mass is 127. The van der Waals surface area contributed by atoms with Crippen molar-refractivity contribution in [1.29, 1.82) is 0 Å². The molecule has 2 aromatic rings. The van der Waals surface area contributed by atoms with Crippen LogP contribution in [0.1, 0.15) is 17.9 Å². The number of nitrogens with one attached hydrogen (secondary N) is 1. The van der Waals surface area contributed by atoms with Crippen LogP contribution in [-0.2, 0) is 17.8 Å². The van der Waals surface area contributed by atoms with E-state index in [4.69, 9.17) is 14.9 Å². The van der Waals surface area contributed by atoms with Gasteiger partial charge in [-0.15, -0.1) is 24.0 Å². The van der Waals surface area contributed by atoms with Gasteiger partial charge < -0.3 is 20.2 Å². The van der Waals surface area contributed by atoms with Crippen molar-refractivity contribution in [3.05, 3.63) is 54.2 Å². The zero-order valence-corrected chi connectivity index (χ0v) is 15.3. The van der Waals surface area contributed by atoms with Crippen molar-refractivity contribution < 1.29 is 9.15 Å². The highest BCUT2D eigenvalue weighted by Crippen LogP contribution is 2.01. The Morgan fingerprint density at radius 3 is 2.96 bits per heavy atom. The van der Waals surface area contributed by atoms with Gasteiger partial charge in [0.15, 0.2) is 5.96 Å². The number of pyridine rings is 1. The molecular weight excluding hydrogens is 407 g/mol. The summed E-state index contributed by atoms with van der Waals surface area (Å²) < 4.78 is 10.6. The summed E-state index contributed by atoms with van der Waals surface area (Å²) in [4.78, 5) is 8.50. The molecular formula is C16H23IN4O2. The van der Waals surface area contributed by atoms with Gasteiger partial charge in [0.05, 0.1) is 6.26 Å². The molecule has 2 aromatic heterocycles. The number of furan rings is 1. The number of halogens is 1. The average Bonchev–Trinajstić information content (AvgIpc) is 3.05. The smallest absolute Gasteiger partial charge is 0.188 e. The number of hydrogen-bond donors (Lipinski definition) is 2. The fourth-order valence-electron chi connectivity index (χ4n) is 1.85. The monoisotopic (exact) mass is 430 g/mol. The predicted molar refractivity (Wildman–Crippen MR) is 101 cm³/mol. The van der Waals surface area contributed by atoms with E-state index in [1.54, 1.807) is 12.5 Å². The molecule has 7 heteroatoms. The summed E-state index contributed by atoms with van der Waals surface area (Å²) in [5.41, 5.74) is 6.83. The van der Waals surface area contributed by atoms with Crippen molar-refractivity contribution in [3.63, 3.8) is 0 Å². The summed E-state index contributed by atoms with van der Waals surface area (Å²) in [6, 6.07) is 9.61. The molecule has 2 rings (SSSR count). The van der Waals surface area contributed by atoms with Gasteiger partial charge >= 0.3 is 0 Å². The predicted octanol–water partition coefficient (Wildman–Crippen LogP) is 2.35. The molecule has 126 valence electrons. The first-order valence-corrected chi connectivity index (χ1v) is 7.38. The Bertz CT molecular complexity index is 546. The summed E-state index contributed by atoms with van der Waals surface area (Å²) in [7, 11) is 0. The highest BCUT2D eigenvalue weighted by Gasteiger charge is 1.96. The van der Waals surface area contributed by atoms with Gasteiger partial charge in [-0.2, -0.15) is 0 Å². The maximum Gasteiger partial charge on any atom is 0.188 e. The molecule has 0 spiro atoms. The molecule has 0 aromatic carbocycles. The molecule has 0 fully saturated rings. The van der Waals surface area contributed by atoms with Crippen LogP contribution in [0.2, 0.25) is 0 Å². The van der Waals surface area contributed by atoms with Crippen LogP contribution in [0.3, 0.4) is 0 Å². The molecule has 0 atom stereocenters. The summed E-state index contributed by atoms with van der Waals surface area (Å²) in [6.07, 6.45) is 5.07. The van der Waals surface area contributed by atoms with Crippen molar-refractivity contribution in [2.24, 2.45) is 10.7 Å². The van der Waals surface area contributed by atoms with E-state index in [9.17, 15) is 0 Å². The van der Waals surface area contributed by atoms with E-state index >= 15 is 0 Å². The van der Waals surface area contributed by atoms with E-state index < -0.39 is 0 Å². The lowest BCUT2D eigenvalue weighted by atomic mass is 10.3. The molecule has 0 aliphatic rings. The van der Waals surface area contributed by atoms with Gasteiger partial charge in [0.25, 0.3) is 0 Å². The SMILES string of the molecule is I.NC(=NCCCOCc1ccco1)NCCc1ccccn1. The van der Waals surface area contributed by atoms with Crippen molar-refractivity contribution >= 4 is 29.9 Å². The first-order valence-electron chi connectivity index (χ1n) is 7.38. The van der Waals surface area contributed by atoms with Crippen LogP contribution in [0.4, 0.5) is 0 Å². The van der Waals surface area contributed by atoms with E-state index in [1.807, 2.05) is 30.3 Å². The first-order chi connectivity index (χ1) is 10.8. The Morgan fingerprint density at radius 2 is 2.22 bits per heavy atom. The fourth-order valence-corrected chi connectivity index (χ4v) is 1.85. The van der Waals surface area contributed by atoms with Gasteiger partial charge in [0.1, 0.15) is 12.4 Å². The van der Waals surface area contributed by atoms with E-state index in [1.165, 1.54) is 0 Å². The quantitative estimate of drug-likeness (QED) is 0.276. The third-order valence-corrected chi connectivity index (χ3v) is 2.97. The Balaban J connectivity index is 0.00000264. The van der Waals surface area contributed by atoms with Crippen molar-refractivity contribution in [3.8, 4) is 0 Å². The second kappa shape index (κ2) is 11.9. The molecule has 2 heterocycles. The molecule has 23 heavy (non-hydrogen) atoms. The number of rotatable bonds is 9. The second-order valence-corrected chi connectivity index (χ2v) is 4.75. The van der Waals surface area contributed by atoms with Gasteiger partial charge in [-0.05, 0) is 30.7 Å². The number of aliphatic imine (C=N–C) groups is 1. The summed E-state index contributed by atoms with van der Waals surface area (Å²) in [6.45, 7) is 2.49. The topological polar surface area (TPSA) is 85.7 Å². The van der Waals surface area contributed by atoms with Crippen LogP contribution in [0, 0.1) is 0 Å². The van der Waals surface area contributed by atoms with Crippen molar-refractivity contribution in [2.45, 2.75) is 19.4 Å². The number of hydrogen-bond acceptors (Lipinski definition) is 4. The number of nitrogens with zero attached hydrogens (tertiary/aromatic N) is 2. The molecule has 0 saturated heterocycles. The average molecular weight is 430 g/mol. The lowest BCUT2D eigenvalue weighted by Gasteiger charge is -2.05. The minimum absolute atomic E-state index is 0. The van der Waals surface area contributed by atoms with E-state index in [2.05, 4.69) is 15.3 Å². The maximum absolute atomic E-state index is 5.79. The van der Waals surface area contributed by atoms with Crippen LogP contribution >= 0.6 is 24.0 Å². The highest BCUT2D eigenvalue weighted by molar-refractivity contribution is 14.0. The summed E-state index contributed by atoms with van der Waals surface area (Å²) in [5, 5.41) is 3.08. The third-order valence-electron chi connectivity index (χ3n) is 2.97. The van der Waals surface area contributed by atoms with Crippen LogP contribution in [-0.4, -0.2) is 30.6 Å². The number of guanidine groups is 1. The number of nitrogens with two attached hydrogens (primary N) is 1. The van der Waals surface area contributed by atoms with E-state index in [0.717, 1.165) is 30.8 Å². The Labute approximate surface area is 153 Å². The van der Waals surface area contributed by atoms with Crippen LogP contribution in [0.5, 0.6) is 0 Å². The Morgan fingerprint density at radius 1 is 1.30 bits per heavy atom. The molecule has 0 aliphatic heterocycles. The third kappa shape index (κ3) is 8.56. The fraction of sp³-hybridized carbons (Fsp3) is 0.375. The first kappa shape index (κ1) is 19.4.